The number of hydrogen-bond acceptors (Lipinski definition) is 3. The molecule has 1 fully saturated rings. The molecule has 2 atom stereocenters. The highest BCUT2D eigenvalue weighted by Crippen LogP contribution is 2.25. The van der Waals surface area contributed by atoms with Crippen LogP contribution in [0.1, 0.15) is 25.7 Å². The Bertz CT molecular complexity index is 250. The molecule has 0 heterocycles. The molecule has 1 aliphatic carbocycles. The van der Waals surface area contributed by atoms with Crippen molar-refractivity contribution in [3.63, 3.8) is 0 Å². The van der Waals surface area contributed by atoms with Crippen LogP contribution in [0, 0.1) is 0 Å². The summed E-state index contributed by atoms with van der Waals surface area (Å²) >= 11 is 0. The Balaban J connectivity index is 2.61. The topological polar surface area (TPSA) is 55.4 Å². The number of methoxy groups -OCH3 is 1. The summed E-state index contributed by atoms with van der Waals surface area (Å²) in [7, 11) is 0.00771. The number of sulfonamides is 1. The SMILES string of the molecule is CNS(=O)(=O)C1CCCC(OC)C1. The van der Waals surface area contributed by atoms with Crippen LogP contribution in [0.3, 0.4) is 0 Å². The molecule has 1 aliphatic rings. The van der Waals surface area contributed by atoms with Crippen LogP contribution in [-0.2, 0) is 14.8 Å². The lowest BCUT2D eigenvalue weighted by Crippen LogP contribution is -2.37. The standard InChI is InChI=1S/C8H17NO3S/c1-9-13(10,11)8-5-3-4-7(6-8)12-2/h7-9H,3-6H2,1-2H3. The van der Waals surface area contributed by atoms with E-state index in [9.17, 15) is 8.42 Å². The lowest BCUT2D eigenvalue weighted by Gasteiger charge is -2.27. The van der Waals surface area contributed by atoms with Crippen molar-refractivity contribution in [3.8, 4) is 0 Å². The lowest BCUT2D eigenvalue weighted by molar-refractivity contribution is 0.0719. The Hall–Kier alpha value is -0.130. The van der Waals surface area contributed by atoms with Gasteiger partial charge in [-0.25, -0.2) is 13.1 Å². The zero-order valence-electron chi connectivity index (χ0n) is 8.12. The van der Waals surface area contributed by atoms with Gasteiger partial charge in [-0.15, -0.1) is 0 Å². The second-order valence-electron chi connectivity index (χ2n) is 3.40. The van der Waals surface area contributed by atoms with E-state index in [1.165, 1.54) is 7.05 Å². The fourth-order valence-electron chi connectivity index (χ4n) is 1.76. The minimum Gasteiger partial charge on any atom is -0.381 e. The number of ether oxygens (including phenoxy) is 1. The Kier molecular flexibility index (Phi) is 3.70. The molecule has 1 rings (SSSR count). The highest BCUT2D eigenvalue weighted by atomic mass is 32.2. The highest BCUT2D eigenvalue weighted by molar-refractivity contribution is 7.90. The van der Waals surface area contributed by atoms with Gasteiger partial charge in [-0.3, -0.25) is 0 Å². The Morgan fingerprint density at radius 3 is 2.62 bits per heavy atom. The van der Waals surface area contributed by atoms with Crippen LogP contribution in [0.4, 0.5) is 0 Å². The van der Waals surface area contributed by atoms with Gasteiger partial charge in [-0.1, -0.05) is 0 Å². The Morgan fingerprint density at radius 2 is 2.08 bits per heavy atom. The molecule has 78 valence electrons. The van der Waals surface area contributed by atoms with E-state index in [1.54, 1.807) is 7.11 Å². The van der Waals surface area contributed by atoms with E-state index in [1.807, 2.05) is 0 Å². The normalized spacial score (nSPS) is 30.3. The molecule has 4 nitrogen and oxygen atoms in total. The molecule has 0 aromatic heterocycles. The first-order valence-corrected chi connectivity index (χ1v) is 6.10. The molecular formula is C8H17NO3S. The first-order valence-electron chi connectivity index (χ1n) is 4.55. The monoisotopic (exact) mass is 207 g/mol. The van der Waals surface area contributed by atoms with Gasteiger partial charge < -0.3 is 4.74 Å². The van der Waals surface area contributed by atoms with Crippen molar-refractivity contribution >= 4 is 10.0 Å². The maximum atomic E-state index is 11.4. The molecule has 0 radical (unpaired) electrons. The van der Waals surface area contributed by atoms with E-state index in [-0.39, 0.29) is 11.4 Å². The van der Waals surface area contributed by atoms with Crippen molar-refractivity contribution in [3.05, 3.63) is 0 Å². The van der Waals surface area contributed by atoms with Gasteiger partial charge in [0, 0.05) is 7.11 Å². The van der Waals surface area contributed by atoms with Crippen LogP contribution >= 0.6 is 0 Å². The van der Waals surface area contributed by atoms with Gasteiger partial charge in [0.2, 0.25) is 10.0 Å². The quantitative estimate of drug-likeness (QED) is 0.733. The fraction of sp³-hybridized carbons (Fsp3) is 1.00. The highest BCUT2D eigenvalue weighted by Gasteiger charge is 2.30. The van der Waals surface area contributed by atoms with Crippen LogP contribution in [0.5, 0.6) is 0 Å². The molecular weight excluding hydrogens is 190 g/mol. The third kappa shape index (κ3) is 2.65. The smallest absolute Gasteiger partial charge is 0.214 e. The second kappa shape index (κ2) is 4.39. The summed E-state index contributed by atoms with van der Waals surface area (Å²) in [5, 5.41) is -0.267. The third-order valence-electron chi connectivity index (χ3n) is 2.63. The van der Waals surface area contributed by atoms with E-state index >= 15 is 0 Å². The zero-order chi connectivity index (χ0) is 9.90. The third-order valence-corrected chi connectivity index (χ3v) is 4.51. The van der Waals surface area contributed by atoms with Gasteiger partial charge in [0.1, 0.15) is 0 Å². The van der Waals surface area contributed by atoms with Crippen LogP contribution in [0.2, 0.25) is 0 Å². The predicted molar refractivity (Wildman–Crippen MR) is 51.0 cm³/mol. The molecule has 13 heavy (non-hydrogen) atoms. The van der Waals surface area contributed by atoms with Gasteiger partial charge >= 0.3 is 0 Å². The fourth-order valence-corrected chi connectivity index (χ4v) is 3.04. The van der Waals surface area contributed by atoms with Gasteiger partial charge in [0.25, 0.3) is 0 Å². The number of nitrogens with one attached hydrogen (secondary N) is 1. The van der Waals surface area contributed by atoms with E-state index in [4.69, 9.17) is 4.74 Å². The summed E-state index contributed by atoms with van der Waals surface area (Å²) in [5.74, 6) is 0. The van der Waals surface area contributed by atoms with Crippen LogP contribution in [0.15, 0.2) is 0 Å². The molecule has 0 aromatic rings. The second-order valence-corrected chi connectivity index (χ2v) is 5.56. The molecule has 2 unspecified atom stereocenters. The average molecular weight is 207 g/mol. The summed E-state index contributed by atoms with van der Waals surface area (Å²) in [6.45, 7) is 0. The molecule has 1 saturated carbocycles. The van der Waals surface area contributed by atoms with E-state index < -0.39 is 10.0 Å². The Labute approximate surface area is 79.7 Å². The van der Waals surface area contributed by atoms with Gasteiger partial charge in [-0.2, -0.15) is 0 Å². The maximum Gasteiger partial charge on any atom is 0.214 e. The van der Waals surface area contributed by atoms with Gasteiger partial charge in [0.15, 0.2) is 0 Å². The van der Waals surface area contributed by atoms with Crippen molar-refractivity contribution in [2.75, 3.05) is 14.2 Å². The first-order chi connectivity index (χ1) is 6.10. The predicted octanol–water partition coefficient (Wildman–Crippen LogP) is 0.493. The summed E-state index contributed by atoms with van der Waals surface area (Å²) in [6.07, 6.45) is 3.40. The largest absolute Gasteiger partial charge is 0.381 e. The number of rotatable bonds is 3. The summed E-state index contributed by atoms with van der Waals surface area (Å²) in [6, 6.07) is 0. The molecule has 0 bridgehead atoms. The van der Waals surface area contributed by atoms with Crippen LogP contribution < -0.4 is 4.72 Å². The molecule has 0 spiro atoms. The molecule has 1 N–H and O–H groups in total. The summed E-state index contributed by atoms with van der Waals surface area (Å²) < 4.78 is 30.4. The van der Waals surface area contributed by atoms with Gasteiger partial charge in [-0.05, 0) is 32.7 Å². The van der Waals surface area contributed by atoms with Crippen LogP contribution in [-0.4, -0.2) is 33.9 Å². The van der Waals surface area contributed by atoms with Crippen LogP contribution in [0.25, 0.3) is 0 Å². The summed E-state index contributed by atoms with van der Waals surface area (Å²) in [4.78, 5) is 0. The lowest BCUT2D eigenvalue weighted by atomic mass is 9.97. The molecule has 5 heteroatoms. The molecule has 0 aromatic carbocycles. The molecule has 0 amide bonds. The summed E-state index contributed by atoms with van der Waals surface area (Å²) in [5.41, 5.74) is 0. The number of hydrogen-bond donors (Lipinski definition) is 1. The maximum absolute atomic E-state index is 11.4. The molecule has 0 saturated heterocycles. The average Bonchev–Trinajstić information content (AvgIpc) is 2.18. The van der Waals surface area contributed by atoms with Gasteiger partial charge in [0.05, 0.1) is 11.4 Å². The minimum atomic E-state index is -3.09. The van der Waals surface area contributed by atoms with Crippen molar-refractivity contribution < 1.29 is 13.2 Å². The first kappa shape index (κ1) is 10.9. The zero-order valence-corrected chi connectivity index (χ0v) is 8.93. The van der Waals surface area contributed by atoms with E-state index in [0.29, 0.717) is 6.42 Å². The van der Waals surface area contributed by atoms with Crippen molar-refractivity contribution in [2.45, 2.75) is 37.0 Å². The molecule has 0 aliphatic heterocycles. The van der Waals surface area contributed by atoms with Crippen molar-refractivity contribution in [1.82, 2.24) is 4.72 Å². The minimum absolute atomic E-state index is 0.113. The van der Waals surface area contributed by atoms with E-state index in [2.05, 4.69) is 4.72 Å². The van der Waals surface area contributed by atoms with Crippen molar-refractivity contribution in [2.24, 2.45) is 0 Å². The Morgan fingerprint density at radius 1 is 1.38 bits per heavy atom. The van der Waals surface area contributed by atoms with Crippen molar-refractivity contribution in [1.29, 1.82) is 0 Å². The van der Waals surface area contributed by atoms with E-state index in [0.717, 1.165) is 19.3 Å².